The number of hydrogen-bond donors (Lipinski definition) is 0. The molecule has 0 fully saturated rings. The molecule has 0 radical (unpaired) electrons. The van der Waals surface area contributed by atoms with Crippen LogP contribution < -0.4 is 0 Å². The van der Waals surface area contributed by atoms with Gasteiger partial charge in [0.25, 0.3) is 0 Å². The smallest absolute Gasteiger partial charge is 0.0318 e. The Kier molecular flexibility index (Phi) is 11.0. The molecule has 0 aromatic rings. The molecular formula is C16H32. The molecule has 0 heteroatoms. The van der Waals surface area contributed by atoms with Crippen LogP contribution in [0.5, 0.6) is 0 Å². The summed E-state index contributed by atoms with van der Waals surface area (Å²) in [5, 5.41) is 0. The summed E-state index contributed by atoms with van der Waals surface area (Å²) in [5.41, 5.74) is 3.43. The Labute approximate surface area is 104 Å². The molecule has 0 amide bonds. The first-order valence-corrected chi connectivity index (χ1v) is 7.43. The van der Waals surface area contributed by atoms with Gasteiger partial charge in [0.2, 0.25) is 0 Å². The Morgan fingerprint density at radius 3 is 1.81 bits per heavy atom. The molecule has 0 aliphatic carbocycles. The van der Waals surface area contributed by atoms with Gasteiger partial charge >= 0.3 is 0 Å². The van der Waals surface area contributed by atoms with Gasteiger partial charge in [-0.25, -0.2) is 0 Å². The third-order valence-electron chi connectivity index (χ3n) is 3.52. The molecule has 0 heterocycles. The zero-order valence-corrected chi connectivity index (χ0v) is 12.1. The summed E-state index contributed by atoms with van der Waals surface area (Å²) < 4.78 is 0. The Morgan fingerprint density at radius 2 is 1.25 bits per heavy atom. The van der Waals surface area contributed by atoms with Gasteiger partial charge < -0.3 is 0 Å². The highest BCUT2D eigenvalue weighted by Crippen LogP contribution is 2.21. The van der Waals surface area contributed by atoms with Gasteiger partial charge in [-0.2, -0.15) is 0 Å². The molecule has 0 aromatic carbocycles. The quantitative estimate of drug-likeness (QED) is 0.303. The topological polar surface area (TPSA) is 0 Å². The highest BCUT2D eigenvalue weighted by Gasteiger charge is 2.00. The van der Waals surface area contributed by atoms with E-state index in [0.29, 0.717) is 0 Å². The molecule has 96 valence electrons. The fourth-order valence-electron chi connectivity index (χ4n) is 2.27. The van der Waals surface area contributed by atoms with Crippen LogP contribution in [-0.4, -0.2) is 0 Å². The molecule has 0 unspecified atom stereocenters. The van der Waals surface area contributed by atoms with Crippen LogP contribution in [-0.2, 0) is 0 Å². The second-order valence-corrected chi connectivity index (χ2v) is 5.01. The van der Waals surface area contributed by atoms with Crippen molar-refractivity contribution in [3.05, 3.63) is 11.1 Å². The molecule has 0 nitrogen and oxygen atoms in total. The van der Waals surface area contributed by atoms with Gasteiger partial charge in [0, 0.05) is 0 Å². The normalized spacial score (nSPS) is 12.8. The van der Waals surface area contributed by atoms with Crippen LogP contribution in [0.4, 0.5) is 0 Å². The lowest BCUT2D eigenvalue weighted by molar-refractivity contribution is 0.651. The van der Waals surface area contributed by atoms with Crippen LogP contribution in [0.1, 0.15) is 91.9 Å². The standard InChI is InChI=1S/C16H32/c1-5-8-10-12-13-15(4)16(7-3)14-11-9-6-2/h5-14H2,1-4H3/b16-15+. The molecule has 0 bridgehead atoms. The van der Waals surface area contributed by atoms with E-state index in [2.05, 4.69) is 27.7 Å². The molecule has 0 atom stereocenters. The van der Waals surface area contributed by atoms with E-state index in [0.717, 1.165) is 0 Å². The maximum Gasteiger partial charge on any atom is -0.0318 e. The largest absolute Gasteiger partial charge is 0.0741 e. The zero-order valence-electron chi connectivity index (χ0n) is 12.1. The summed E-state index contributed by atoms with van der Waals surface area (Å²) in [5.74, 6) is 0. The monoisotopic (exact) mass is 224 g/mol. The Bertz CT molecular complexity index is 176. The van der Waals surface area contributed by atoms with E-state index in [1.165, 1.54) is 64.2 Å². The molecule has 0 aromatic heterocycles. The first-order chi connectivity index (χ1) is 7.76. The van der Waals surface area contributed by atoms with Crippen LogP contribution in [0.15, 0.2) is 11.1 Å². The van der Waals surface area contributed by atoms with Gasteiger partial charge in [-0.15, -0.1) is 0 Å². The lowest BCUT2D eigenvalue weighted by atomic mass is 9.96. The van der Waals surface area contributed by atoms with Crippen molar-refractivity contribution in [2.45, 2.75) is 91.9 Å². The lowest BCUT2D eigenvalue weighted by Crippen LogP contribution is -1.90. The number of unbranched alkanes of at least 4 members (excludes halogenated alkanes) is 5. The van der Waals surface area contributed by atoms with Crippen molar-refractivity contribution in [2.24, 2.45) is 0 Å². The maximum absolute atomic E-state index is 2.36. The van der Waals surface area contributed by atoms with Crippen LogP contribution in [0.3, 0.4) is 0 Å². The van der Waals surface area contributed by atoms with Crippen molar-refractivity contribution >= 4 is 0 Å². The Morgan fingerprint density at radius 1 is 0.688 bits per heavy atom. The van der Waals surface area contributed by atoms with Crippen molar-refractivity contribution in [1.82, 2.24) is 0 Å². The molecule has 16 heavy (non-hydrogen) atoms. The van der Waals surface area contributed by atoms with Crippen LogP contribution >= 0.6 is 0 Å². The van der Waals surface area contributed by atoms with Crippen molar-refractivity contribution in [3.63, 3.8) is 0 Å². The third-order valence-corrected chi connectivity index (χ3v) is 3.52. The summed E-state index contributed by atoms with van der Waals surface area (Å²) in [7, 11) is 0. The zero-order chi connectivity index (χ0) is 12.2. The molecule has 0 aliphatic heterocycles. The van der Waals surface area contributed by atoms with Crippen LogP contribution in [0.25, 0.3) is 0 Å². The minimum Gasteiger partial charge on any atom is -0.0741 e. The molecule has 0 saturated heterocycles. The van der Waals surface area contributed by atoms with E-state index in [9.17, 15) is 0 Å². The predicted octanol–water partition coefficient (Wildman–Crippen LogP) is 6.26. The second kappa shape index (κ2) is 11.2. The highest BCUT2D eigenvalue weighted by molar-refractivity contribution is 5.11. The SMILES string of the molecule is CCCCCC/C(C)=C(\CC)CCCCC. The predicted molar refractivity (Wildman–Crippen MR) is 75.9 cm³/mol. The summed E-state index contributed by atoms with van der Waals surface area (Å²) in [6, 6.07) is 0. The highest BCUT2D eigenvalue weighted by atomic mass is 14.1. The van der Waals surface area contributed by atoms with E-state index in [4.69, 9.17) is 0 Å². The van der Waals surface area contributed by atoms with E-state index in [1.807, 2.05) is 0 Å². The first-order valence-electron chi connectivity index (χ1n) is 7.43. The Hall–Kier alpha value is -0.260. The third kappa shape index (κ3) is 7.96. The van der Waals surface area contributed by atoms with E-state index in [1.54, 1.807) is 11.1 Å². The summed E-state index contributed by atoms with van der Waals surface area (Å²) >= 11 is 0. The van der Waals surface area contributed by atoms with Gasteiger partial charge in [0.15, 0.2) is 0 Å². The summed E-state index contributed by atoms with van der Waals surface area (Å²) in [4.78, 5) is 0. The maximum atomic E-state index is 2.36. The van der Waals surface area contributed by atoms with E-state index >= 15 is 0 Å². The number of rotatable bonds is 10. The summed E-state index contributed by atoms with van der Waals surface area (Å²) in [6.45, 7) is 9.24. The molecular weight excluding hydrogens is 192 g/mol. The number of hydrogen-bond acceptors (Lipinski definition) is 0. The minimum atomic E-state index is 1.27. The van der Waals surface area contributed by atoms with Crippen molar-refractivity contribution in [3.8, 4) is 0 Å². The molecule has 0 spiro atoms. The number of allylic oxidation sites excluding steroid dienone is 2. The van der Waals surface area contributed by atoms with Crippen LogP contribution in [0, 0.1) is 0 Å². The lowest BCUT2D eigenvalue weighted by Gasteiger charge is -2.10. The summed E-state index contributed by atoms with van der Waals surface area (Å²) in [6.07, 6.45) is 13.7. The van der Waals surface area contributed by atoms with Gasteiger partial charge in [0.1, 0.15) is 0 Å². The molecule has 0 saturated carbocycles. The van der Waals surface area contributed by atoms with Gasteiger partial charge in [0.05, 0.1) is 0 Å². The molecule has 0 aliphatic rings. The van der Waals surface area contributed by atoms with Gasteiger partial charge in [-0.1, -0.05) is 64.0 Å². The van der Waals surface area contributed by atoms with Gasteiger partial charge in [-0.05, 0) is 39.0 Å². The average molecular weight is 224 g/mol. The molecule has 0 rings (SSSR count). The van der Waals surface area contributed by atoms with Gasteiger partial charge in [-0.3, -0.25) is 0 Å². The second-order valence-electron chi connectivity index (χ2n) is 5.01. The Balaban J connectivity index is 3.86. The fourth-order valence-corrected chi connectivity index (χ4v) is 2.27. The van der Waals surface area contributed by atoms with Crippen LogP contribution in [0.2, 0.25) is 0 Å². The van der Waals surface area contributed by atoms with E-state index < -0.39 is 0 Å². The first kappa shape index (κ1) is 15.7. The van der Waals surface area contributed by atoms with E-state index in [-0.39, 0.29) is 0 Å². The van der Waals surface area contributed by atoms with Crippen molar-refractivity contribution in [2.75, 3.05) is 0 Å². The fraction of sp³-hybridized carbons (Fsp3) is 0.875. The minimum absolute atomic E-state index is 1.27. The van der Waals surface area contributed by atoms with Crippen molar-refractivity contribution in [1.29, 1.82) is 0 Å². The van der Waals surface area contributed by atoms with Crippen molar-refractivity contribution < 1.29 is 0 Å². The average Bonchev–Trinajstić information content (AvgIpc) is 2.30. The molecule has 0 N–H and O–H groups in total.